The minimum absolute atomic E-state index is 0.299. The molecule has 0 radical (unpaired) electrons. The van der Waals surface area contributed by atoms with Crippen LogP contribution in [0, 0.1) is 9.39 Å². The molecule has 2 N–H and O–H groups in total. The van der Waals surface area contributed by atoms with Crippen molar-refractivity contribution in [2.45, 2.75) is 18.9 Å². The molecule has 2 aromatic rings. The highest BCUT2D eigenvalue weighted by atomic mass is 127. The maximum Gasteiger partial charge on any atom is 0.260 e. The van der Waals surface area contributed by atoms with Crippen molar-refractivity contribution in [2.24, 2.45) is 0 Å². The van der Waals surface area contributed by atoms with Crippen molar-refractivity contribution in [2.75, 3.05) is 37.4 Å². The summed E-state index contributed by atoms with van der Waals surface area (Å²) in [5.41, 5.74) is 2.48. The molecule has 8 heteroatoms. The summed E-state index contributed by atoms with van der Waals surface area (Å²) in [6.07, 6.45) is 3.63. The number of hydrogen-bond acceptors (Lipinski definition) is 5. The number of anilines is 2. The molecule has 1 fully saturated rings. The fourth-order valence-electron chi connectivity index (χ4n) is 4.19. The standard InChI is InChI=1S/C23H24FIN4O2/c1-28(2)13-16-4-3-9-29(16)21-8-6-15(11-20(21)24)26-12-19-18-10-14(25)5-7-17(18)22(30)27-23(19)31/h5-8,10-12,16,26H,3-4,9,13H2,1-2H3,(H,27,30,31)/b19-12+. The molecule has 2 aliphatic rings. The molecular formula is C23H24FIN4O2. The van der Waals surface area contributed by atoms with Gasteiger partial charge in [0.1, 0.15) is 5.82 Å². The molecule has 2 aromatic carbocycles. The first-order valence-electron chi connectivity index (χ1n) is 10.2. The number of imide groups is 1. The van der Waals surface area contributed by atoms with Gasteiger partial charge in [0.25, 0.3) is 11.8 Å². The highest BCUT2D eigenvalue weighted by molar-refractivity contribution is 14.1. The molecule has 1 saturated heterocycles. The van der Waals surface area contributed by atoms with Gasteiger partial charge in [-0.25, -0.2) is 4.39 Å². The van der Waals surface area contributed by atoms with Crippen LogP contribution in [0.1, 0.15) is 28.8 Å². The third kappa shape index (κ3) is 4.59. The summed E-state index contributed by atoms with van der Waals surface area (Å²) in [6, 6.07) is 10.6. The summed E-state index contributed by atoms with van der Waals surface area (Å²) in [5, 5.41) is 5.36. The lowest BCUT2D eigenvalue weighted by Crippen LogP contribution is -2.38. The van der Waals surface area contributed by atoms with E-state index in [2.05, 4.69) is 43.0 Å². The second kappa shape index (κ2) is 8.96. The Labute approximate surface area is 194 Å². The summed E-state index contributed by atoms with van der Waals surface area (Å²) in [4.78, 5) is 28.7. The van der Waals surface area contributed by atoms with E-state index in [-0.39, 0.29) is 5.82 Å². The number of halogens is 2. The van der Waals surface area contributed by atoms with Gasteiger partial charge in [0.15, 0.2) is 0 Å². The highest BCUT2D eigenvalue weighted by Gasteiger charge is 2.28. The maximum absolute atomic E-state index is 15.0. The van der Waals surface area contributed by atoms with E-state index in [0.29, 0.717) is 34.1 Å². The van der Waals surface area contributed by atoms with Gasteiger partial charge in [-0.3, -0.25) is 14.9 Å². The molecule has 31 heavy (non-hydrogen) atoms. The van der Waals surface area contributed by atoms with Crippen LogP contribution in [0.4, 0.5) is 15.8 Å². The van der Waals surface area contributed by atoms with E-state index in [1.54, 1.807) is 18.2 Å². The van der Waals surface area contributed by atoms with E-state index < -0.39 is 11.8 Å². The van der Waals surface area contributed by atoms with Gasteiger partial charge in [0.05, 0.1) is 11.3 Å². The molecule has 0 saturated carbocycles. The van der Waals surface area contributed by atoms with Crippen LogP contribution in [-0.4, -0.2) is 49.9 Å². The van der Waals surface area contributed by atoms with E-state index in [9.17, 15) is 14.0 Å². The molecule has 2 heterocycles. The Morgan fingerprint density at radius 2 is 2.00 bits per heavy atom. The van der Waals surface area contributed by atoms with Gasteiger partial charge in [-0.2, -0.15) is 0 Å². The predicted octanol–water partition coefficient (Wildman–Crippen LogP) is 3.68. The Bertz CT molecular complexity index is 1070. The molecule has 6 nitrogen and oxygen atoms in total. The van der Waals surface area contributed by atoms with Crippen molar-refractivity contribution in [3.8, 4) is 0 Å². The van der Waals surface area contributed by atoms with Crippen molar-refractivity contribution in [3.05, 3.63) is 63.1 Å². The summed E-state index contributed by atoms with van der Waals surface area (Å²) in [5.74, 6) is -1.19. The lowest BCUT2D eigenvalue weighted by Gasteiger charge is -2.29. The molecule has 4 rings (SSSR count). The largest absolute Gasteiger partial charge is 0.365 e. The lowest BCUT2D eigenvalue weighted by molar-refractivity contribution is -0.114. The van der Waals surface area contributed by atoms with Crippen LogP contribution >= 0.6 is 22.6 Å². The minimum atomic E-state index is -0.479. The predicted molar refractivity (Wildman–Crippen MR) is 129 cm³/mol. The number of benzene rings is 2. The smallest absolute Gasteiger partial charge is 0.260 e. The Balaban J connectivity index is 1.57. The topological polar surface area (TPSA) is 64.7 Å². The molecule has 2 aliphatic heterocycles. The summed E-state index contributed by atoms with van der Waals surface area (Å²) in [7, 11) is 4.06. The number of carbonyl (C=O) groups is 2. The van der Waals surface area contributed by atoms with Gasteiger partial charge in [0, 0.05) is 45.7 Å². The number of nitrogens with zero attached hydrogens (tertiary/aromatic N) is 2. The molecule has 162 valence electrons. The van der Waals surface area contributed by atoms with Crippen LogP contribution in [0.15, 0.2) is 42.6 Å². The second-order valence-electron chi connectivity index (χ2n) is 8.09. The fourth-order valence-corrected chi connectivity index (χ4v) is 4.68. The van der Waals surface area contributed by atoms with Crippen molar-refractivity contribution < 1.29 is 14.0 Å². The molecule has 2 amide bonds. The minimum Gasteiger partial charge on any atom is -0.365 e. The zero-order chi connectivity index (χ0) is 22.1. The molecule has 1 atom stereocenters. The second-order valence-corrected chi connectivity index (χ2v) is 9.34. The molecule has 0 aromatic heterocycles. The summed E-state index contributed by atoms with van der Waals surface area (Å²) in [6.45, 7) is 1.73. The van der Waals surface area contributed by atoms with Gasteiger partial charge >= 0.3 is 0 Å². The van der Waals surface area contributed by atoms with E-state index >= 15 is 0 Å². The number of fused-ring (bicyclic) bond motifs is 1. The highest BCUT2D eigenvalue weighted by Crippen LogP contribution is 2.31. The van der Waals surface area contributed by atoms with Crippen LogP contribution < -0.4 is 15.5 Å². The maximum atomic E-state index is 15.0. The first-order valence-corrected chi connectivity index (χ1v) is 11.2. The number of nitrogens with one attached hydrogen (secondary N) is 2. The van der Waals surface area contributed by atoms with Gasteiger partial charge in [-0.1, -0.05) is 0 Å². The van der Waals surface area contributed by atoms with Crippen molar-refractivity contribution in [1.29, 1.82) is 0 Å². The number of rotatable bonds is 5. The van der Waals surface area contributed by atoms with E-state index in [1.165, 1.54) is 12.3 Å². The van der Waals surface area contributed by atoms with Crippen LogP contribution in [0.5, 0.6) is 0 Å². The van der Waals surface area contributed by atoms with Crippen LogP contribution in [0.2, 0.25) is 0 Å². The van der Waals surface area contributed by atoms with Crippen molar-refractivity contribution in [1.82, 2.24) is 10.2 Å². The van der Waals surface area contributed by atoms with Crippen LogP contribution in [0.25, 0.3) is 5.57 Å². The van der Waals surface area contributed by atoms with E-state index in [0.717, 1.165) is 29.5 Å². The number of carbonyl (C=O) groups excluding carboxylic acids is 2. The van der Waals surface area contributed by atoms with Gasteiger partial charge in [-0.05, 0) is 85.9 Å². The zero-order valence-corrected chi connectivity index (χ0v) is 19.6. The molecule has 0 bridgehead atoms. The van der Waals surface area contributed by atoms with Crippen molar-refractivity contribution in [3.63, 3.8) is 0 Å². The quantitative estimate of drug-likeness (QED) is 0.348. The molecule has 1 unspecified atom stereocenters. The van der Waals surface area contributed by atoms with E-state index in [1.807, 2.05) is 26.2 Å². The Hall–Kier alpha value is -2.46. The molecule has 0 aliphatic carbocycles. The van der Waals surface area contributed by atoms with Crippen LogP contribution in [-0.2, 0) is 4.79 Å². The normalized spacial score (nSPS) is 19.7. The van der Waals surface area contributed by atoms with Gasteiger partial charge in [0.2, 0.25) is 0 Å². The fraction of sp³-hybridized carbons (Fsp3) is 0.304. The van der Waals surface area contributed by atoms with Gasteiger partial charge in [-0.15, -0.1) is 0 Å². The zero-order valence-electron chi connectivity index (χ0n) is 17.4. The first kappa shape index (κ1) is 21.8. The van der Waals surface area contributed by atoms with Gasteiger partial charge < -0.3 is 15.1 Å². The average Bonchev–Trinajstić information content (AvgIpc) is 3.14. The van der Waals surface area contributed by atoms with Crippen molar-refractivity contribution >= 4 is 51.4 Å². The lowest BCUT2D eigenvalue weighted by atomic mass is 9.95. The Kier molecular flexibility index (Phi) is 6.29. The SMILES string of the molecule is CN(C)CC1CCCN1c1ccc(N/C=C2/C(=O)NC(=O)c3ccc(I)cc32)cc1F. The molecule has 0 spiro atoms. The Morgan fingerprint density at radius 3 is 2.74 bits per heavy atom. The Morgan fingerprint density at radius 1 is 1.19 bits per heavy atom. The third-order valence-corrected chi connectivity index (χ3v) is 6.25. The first-order chi connectivity index (χ1) is 14.8. The number of hydrogen-bond donors (Lipinski definition) is 2. The number of likely N-dealkylation sites (N-methyl/N-ethyl adjacent to an activating group) is 1. The number of amides is 2. The summed E-state index contributed by atoms with van der Waals surface area (Å²) >= 11 is 2.14. The third-order valence-electron chi connectivity index (χ3n) is 5.58. The average molecular weight is 534 g/mol. The monoisotopic (exact) mass is 534 g/mol. The molecular weight excluding hydrogens is 510 g/mol. The van der Waals surface area contributed by atoms with E-state index in [4.69, 9.17) is 0 Å². The summed E-state index contributed by atoms with van der Waals surface area (Å²) < 4.78 is 15.9. The van der Waals surface area contributed by atoms with Crippen LogP contribution in [0.3, 0.4) is 0 Å².